The fraction of sp³-hybridized carbons (Fsp3) is 0.519. The van der Waals surface area contributed by atoms with Gasteiger partial charge in [-0.1, -0.05) is 18.9 Å². The molecule has 1 saturated heterocycles. The van der Waals surface area contributed by atoms with E-state index in [1.807, 2.05) is 24.3 Å². The second kappa shape index (κ2) is 9.02. The Morgan fingerprint density at radius 2 is 2.09 bits per heavy atom. The molecule has 0 radical (unpaired) electrons. The standard InChI is InChI=1S/C27H36N6O/c1-4-20-16-32(11-12-33(20)18(2)13-19-5-6-19)25-15-24(30-17-31-25)26(29)22-14-21(7-8-23(22)28)34-27(3)9-10-27/h4,7-8,14-15,17-20,29H,1,5-6,9-13,16,28H2,2-3H3/t18?,20-/m0/s1. The fourth-order valence-corrected chi connectivity index (χ4v) is 4.93. The van der Waals surface area contributed by atoms with E-state index in [0.29, 0.717) is 23.0 Å². The van der Waals surface area contributed by atoms with E-state index >= 15 is 0 Å². The van der Waals surface area contributed by atoms with Crippen molar-refractivity contribution < 1.29 is 4.74 Å². The third-order valence-corrected chi connectivity index (χ3v) is 7.52. The molecule has 7 heteroatoms. The Labute approximate surface area is 202 Å². The number of rotatable bonds is 9. The fourth-order valence-electron chi connectivity index (χ4n) is 4.93. The highest BCUT2D eigenvalue weighted by molar-refractivity contribution is 6.13. The van der Waals surface area contributed by atoms with Crippen LogP contribution in [0.1, 0.15) is 57.2 Å². The van der Waals surface area contributed by atoms with Crippen molar-refractivity contribution in [1.82, 2.24) is 14.9 Å². The summed E-state index contributed by atoms with van der Waals surface area (Å²) in [4.78, 5) is 13.8. The molecule has 1 aromatic carbocycles. The Bertz CT molecular complexity index is 1080. The van der Waals surface area contributed by atoms with Crippen LogP contribution in [0, 0.1) is 11.3 Å². The minimum atomic E-state index is -0.0857. The Hall–Kier alpha value is -2.93. The zero-order valence-corrected chi connectivity index (χ0v) is 20.3. The predicted octanol–water partition coefficient (Wildman–Crippen LogP) is 4.27. The summed E-state index contributed by atoms with van der Waals surface area (Å²) in [5.74, 6) is 2.50. The molecule has 5 rings (SSSR count). The Morgan fingerprint density at radius 1 is 1.29 bits per heavy atom. The zero-order valence-electron chi connectivity index (χ0n) is 20.3. The van der Waals surface area contributed by atoms with Crippen molar-refractivity contribution in [3.63, 3.8) is 0 Å². The van der Waals surface area contributed by atoms with Gasteiger partial charge in [-0.15, -0.1) is 6.58 Å². The normalized spacial score (nSPS) is 22.8. The first-order valence-electron chi connectivity index (χ1n) is 12.5. The molecule has 3 N–H and O–H groups in total. The molecule has 0 amide bonds. The summed E-state index contributed by atoms with van der Waals surface area (Å²) in [6.45, 7) is 11.3. The molecule has 180 valence electrons. The maximum absolute atomic E-state index is 8.83. The maximum atomic E-state index is 8.83. The van der Waals surface area contributed by atoms with Crippen molar-refractivity contribution in [2.45, 2.75) is 63.6 Å². The number of ether oxygens (including phenoxy) is 1. The van der Waals surface area contributed by atoms with Crippen LogP contribution in [-0.4, -0.2) is 57.9 Å². The summed E-state index contributed by atoms with van der Waals surface area (Å²) in [7, 11) is 0. The van der Waals surface area contributed by atoms with E-state index in [4.69, 9.17) is 15.9 Å². The monoisotopic (exact) mass is 460 g/mol. The summed E-state index contributed by atoms with van der Waals surface area (Å²) < 4.78 is 6.09. The van der Waals surface area contributed by atoms with E-state index < -0.39 is 0 Å². The molecular weight excluding hydrogens is 424 g/mol. The predicted molar refractivity (Wildman–Crippen MR) is 137 cm³/mol. The van der Waals surface area contributed by atoms with Gasteiger partial charge in [0.05, 0.1) is 11.4 Å². The molecule has 3 fully saturated rings. The maximum Gasteiger partial charge on any atom is 0.132 e. The summed E-state index contributed by atoms with van der Waals surface area (Å²) in [6.07, 6.45) is 9.77. The SMILES string of the molecule is C=C[C@H]1CN(c2cc(C(=N)c3cc(OC4(C)CC4)ccc3N)ncn2)CCN1C(C)CC1CC1. The van der Waals surface area contributed by atoms with Crippen LogP contribution >= 0.6 is 0 Å². The van der Waals surface area contributed by atoms with Crippen LogP contribution in [0.3, 0.4) is 0 Å². The first-order chi connectivity index (χ1) is 16.3. The van der Waals surface area contributed by atoms with Crippen molar-refractivity contribution in [2.75, 3.05) is 30.3 Å². The van der Waals surface area contributed by atoms with E-state index in [2.05, 4.69) is 46.3 Å². The van der Waals surface area contributed by atoms with Gasteiger partial charge in [0.15, 0.2) is 0 Å². The molecular formula is C27H36N6O. The van der Waals surface area contributed by atoms with Crippen molar-refractivity contribution in [3.8, 4) is 5.75 Å². The number of benzene rings is 1. The number of anilines is 2. The lowest BCUT2D eigenvalue weighted by molar-refractivity contribution is 0.144. The van der Waals surface area contributed by atoms with Gasteiger partial charge in [-0.25, -0.2) is 9.97 Å². The lowest BCUT2D eigenvalue weighted by Gasteiger charge is -2.43. The largest absolute Gasteiger partial charge is 0.488 e. The van der Waals surface area contributed by atoms with Gasteiger partial charge in [0.25, 0.3) is 0 Å². The number of nitrogen functional groups attached to an aromatic ring is 1. The van der Waals surface area contributed by atoms with Gasteiger partial charge in [-0.2, -0.15) is 0 Å². The lowest BCUT2D eigenvalue weighted by Crippen LogP contribution is -2.55. The second-order valence-electron chi connectivity index (χ2n) is 10.5. The van der Waals surface area contributed by atoms with Crippen LogP contribution in [0.4, 0.5) is 11.5 Å². The quantitative estimate of drug-likeness (QED) is 0.330. The molecule has 0 spiro atoms. The topological polar surface area (TPSA) is 91.4 Å². The van der Waals surface area contributed by atoms with Crippen LogP contribution in [0.15, 0.2) is 43.2 Å². The number of aromatic nitrogens is 2. The molecule has 2 heterocycles. The van der Waals surface area contributed by atoms with E-state index in [-0.39, 0.29) is 17.4 Å². The van der Waals surface area contributed by atoms with Crippen LogP contribution in [0.25, 0.3) is 0 Å². The average Bonchev–Trinajstić information content (AvgIpc) is 3.78. The summed E-state index contributed by atoms with van der Waals surface area (Å²) in [6, 6.07) is 8.30. The molecule has 2 aliphatic carbocycles. The van der Waals surface area contributed by atoms with E-state index in [0.717, 1.165) is 50.0 Å². The summed E-state index contributed by atoms with van der Waals surface area (Å²) in [5, 5.41) is 8.83. The molecule has 1 unspecified atom stereocenters. The number of hydrogen-bond acceptors (Lipinski definition) is 7. The highest BCUT2D eigenvalue weighted by Crippen LogP contribution is 2.40. The van der Waals surface area contributed by atoms with Gasteiger partial charge >= 0.3 is 0 Å². The minimum Gasteiger partial charge on any atom is -0.488 e. The average molecular weight is 461 g/mol. The number of nitrogens with one attached hydrogen (secondary N) is 1. The Balaban J connectivity index is 1.31. The number of nitrogens with zero attached hydrogens (tertiary/aromatic N) is 4. The molecule has 2 atom stereocenters. The minimum absolute atomic E-state index is 0.0857. The first kappa shape index (κ1) is 22.8. The van der Waals surface area contributed by atoms with Crippen molar-refractivity contribution in [1.29, 1.82) is 5.41 Å². The zero-order chi connectivity index (χ0) is 23.9. The number of hydrogen-bond donors (Lipinski definition) is 2. The highest BCUT2D eigenvalue weighted by Gasteiger charge is 2.40. The van der Waals surface area contributed by atoms with E-state index in [1.165, 1.54) is 19.3 Å². The van der Waals surface area contributed by atoms with Gasteiger partial charge in [-0.3, -0.25) is 10.3 Å². The smallest absolute Gasteiger partial charge is 0.132 e. The summed E-state index contributed by atoms with van der Waals surface area (Å²) in [5.41, 5.74) is 8.18. The van der Waals surface area contributed by atoms with Crippen LogP contribution < -0.4 is 15.4 Å². The van der Waals surface area contributed by atoms with Crippen molar-refractivity contribution >= 4 is 17.2 Å². The van der Waals surface area contributed by atoms with Crippen molar-refractivity contribution in [2.24, 2.45) is 5.92 Å². The first-order valence-corrected chi connectivity index (χ1v) is 12.5. The van der Waals surface area contributed by atoms with Gasteiger partial charge in [0.1, 0.15) is 23.5 Å². The molecule has 1 aliphatic heterocycles. The highest BCUT2D eigenvalue weighted by atomic mass is 16.5. The van der Waals surface area contributed by atoms with E-state index in [9.17, 15) is 0 Å². The number of piperazine rings is 1. The molecule has 1 aromatic heterocycles. The van der Waals surface area contributed by atoms with Gasteiger partial charge in [0, 0.05) is 49.0 Å². The van der Waals surface area contributed by atoms with Crippen LogP contribution in [-0.2, 0) is 0 Å². The second-order valence-corrected chi connectivity index (χ2v) is 10.5. The lowest BCUT2D eigenvalue weighted by atomic mass is 10.0. The third-order valence-electron chi connectivity index (χ3n) is 7.52. The Morgan fingerprint density at radius 3 is 2.79 bits per heavy atom. The van der Waals surface area contributed by atoms with Gasteiger partial charge in [0.2, 0.25) is 0 Å². The van der Waals surface area contributed by atoms with Crippen LogP contribution in [0.5, 0.6) is 5.75 Å². The molecule has 0 bridgehead atoms. The molecule has 2 saturated carbocycles. The van der Waals surface area contributed by atoms with E-state index in [1.54, 1.807) is 6.33 Å². The van der Waals surface area contributed by atoms with Crippen molar-refractivity contribution in [3.05, 3.63) is 54.5 Å². The van der Waals surface area contributed by atoms with Gasteiger partial charge < -0.3 is 15.4 Å². The summed E-state index contributed by atoms with van der Waals surface area (Å²) >= 11 is 0. The third kappa shape index (κ3) is 4.94. The number of nitrogens with two attached hydrogens (primary N) is 1. The Kier molecular flexibility index (Phi) is 6.06. The molecule has 2 aromatic rings. The van der Waals surface area contributed by atoms with Crippen LogP contribution in [0.2, 0.25) is 0 Å². The van der Waals surface area contributed by atoms with Gasteiger partial charge in [-0.05, 0) is 57.2 Å². The molecule has 3 aliphatic rings. The molecule has 34 heavy (non-hydrogen) atoms. The molecule has 7 nitrogen and oxygen atoms in total.